The number of aromatic nitrogens is 2. The van der Waals surface area contributed by atoms with E-state index in [9.17, 15) is 9.90 Å². The third-order valence-corrected chi connectivity index (χ3v) is 7.70. The topological polar surface area (TPSA) is 81.5 Å². The van der Waals surface area contributed by atoms with E-state index in [1.807, 2.05) is 81.7 Å². The van der Waals surface area contributed by atoms with Gasteiger partial charge in [0.15, 0.2) is 6.10 Å². The van der Waals surface area contributed by atoms with Gasteiger partial charge in [-0.1, -0.05) is 6.07 Å². The third-order valence-electron chi connectivity index (χ3n) is 6.81. The first kappa shape index (κ1) is 24.5. The minimum Gasteiger partial charge on any atom is -0.493 e. The van der Waals surface area contributed by atoms with Crippen LogP contribution in [0.5, 0.6) is 5.75 Å². The lowest BCUT2D eigenvalue weighted by Gasteiger charge is -2.29. The van der Waals surface area contributed by atoms with Gasteiger partial charge in [-0.15, -0.1) is 11.3 Å². The first-order valence-electron chi connectivity index (χ1n) is 12.6. The van der Waals surface area contributed by atoms with E-state index < -0.39 is 17.7 Å². The van der Waals surface area contributed by atoms with Gasteiger partial charge in [0.05, 0.1) is 33.8 Å². The summed E-state index contributed by atoms with van der Waals surface area (Å²) < 4.78 is 12.2. The molecule has 6 nitrogen and oxygen atoms in total. The highest BCUT2D eigenvalue weighted by atomic mass is 32.1. The van der Waals surface area contributed by atoms with Crippen molar-refractivity contribution in [1.29, 1.82) is 0 Å². The third kappa shape index (κ3) is 4.22. The Morgan fingerprint density at radius 2 is 2.00 bits per heavy atom. The number of carbonyl (C=O) groups is 1. The predicted octanol–water partition coefficient (Wildman–Crippen LogP) is 7.36. The normalized spacial score (nSPS) is 14.0. The van der Waals surface area contributed by atoms with Crippen molar-refractivity contribution in [3.63, 3.8) is 0 Å². The van der Waals surface area contributed by atoms with E-state index in [4.69, 9.17) is 19.4 Å². The predicted molar refractivity (Wildman–Crippen MR) is 151 cm³/mol. The first-order chi connectivity index (χ1) is 18.2. The number of nitrogens with zero attached hydrogens (tertiary/aromatic N) is 2. The molecule has 1 aliphatic rings. The van der Waals surface area contributed by atoms with Gasteiger partial charge in [-0.3, -0.25) is 4.98 Å². The van der Waals surface area contributed by atoms with Gasteiger partial charge < -0.3 is 14.6 Å². The monoisotopic (exact) mass is 524 g/mol. The minimum absolute atomic E-state index is 0.616. The number of thiophene rings is 1. The maximum atomic E-state index is 12.7. The van der Waals surface area contributed by atoms with Crippen molar-refractivity contribution in [2.24, 2.45) is 0 Å². The number of hydrogen-bond donors (Lipinski definition) is 1. The smallest absolute Gasteiger partial charge is 0.337 e. The Hall–Kier alpha value is -3.81. The fourth-order valence-electron chi connectivity index (χ4n) is 5.30. The molecule has 0 amide bonds. The number of carboxylic acids is 1. The Balaban J connectivity index is 1.71. The molecule has 0 radical (unpaired) electrons. The highest BCUT2D eigenvalue weighted by Gasteiger charge is 2.33. The fraction of sp³-hybridized carbons (Fsp3) is 0.258. The van der Waals surface area contributed by atoms with Crippen LogP contribution in [0.4, 0.5) is 0 Å². The molecule has 38 heavy (non-hydrogen) atoms. The highest BCUT2D eigenvalue weighted by Crippen LogP contribution is 2.45. The highest BCUT2D eigenvalue weighted by molar-refractivity contribution is 7.13. The van der Waals surface area contributed by atoms with Crippen molar-refractivity contribution in [3.05, 3.63) is 76.8 Å². The average molecular weight is 525 g/mol. The van der Waals surface area contributed by atoms with Crippen molar-refractivity contribution in [1.82, 2.24) is 9.97 Å². The lowest BCUT2D eigenvalue weighted by atomic mass is 9.86. The van der Waals surface area contributed by atoms with Gasteiger partial charge in [0.1, 0.15) is 5.75 Å². The molecule has 3 aromatic heterocycles. The van der Waals surface area contributed by atoms with E-state index in [-0.39, 0.29) is 0 Å². The molecule has 7 heteroatoms. The molecule has 1 atom stereocenters. The van der Waals surface area contributed by atoms with Crippen molar-refractivity contribution in [3.8, 4) is 27.4 Å². The molecule has 1 N–H and O–H groups in total. The molecule has 0 spiro atoms. The SMILES string of the molecule is Cc1cc2nc(-c3cccs3)ccc2c(-c2ccc3c4c(ccnc24)CCO3)c1[C@H](OC(C)(C)C)C(=O)O. The number of carboxylic acid groups (broad SMARTS) is 1. The van der Waals surface area contributed by atoms with E-state index in [0.29, 0.717) is 12.2 Å². The molecular formula is C31H28N2O4S. The number of hydrogen-bond acceptors (Lipinski definition) is 6. The average Bonchev–Trinajstić information content (AvgIpc) is 3.42. The number of pyridine rings is 2. The van der Waals surface area contributed by atoms with Crippen LogP contribution in [0.25, 0.3) is 43.5 Å². The second kappa shape index (κ2) is 9.19. The molecule has 0 fully saturated rings. The zero-order valence-electron chi connectivity index (χ0n) is 21.7. The van der Waals surface area contributed by atoms with Gasteiger partial charge >= 0.3 is 5.97 Å². The van der Waals surface area contributed by atoms with Gasteiger partial charge in [-0.2, -0.15) is 0 Å². The molecular weight excluding hydrogens is 496 g/mol. The largest absolute Gasteiger partial charge is 0.493 e. The summed E-state index contributed by atoms with van der Waals surface area (Å²) in [5.41, 5.74) is 6.01. The van der Waals surface area contributed by atoms with Gasteiger partial charge in [-0.25, -0.2) is 9.78 Å². The summed E-state index contributed by atoms with van der Waals surface area (Å²) in [4.78, 5) is 23.6. The summed E-state index contributed by atoms with van der Waals surface area (Å²) in [7, 11) is 0. The fourth-order valence-corrected chi connectivity index (χ4v) is 6.00. The van der Waals surface area contributed by atoms with Crippen LogP contribution < -0.4 is 4.74 Å². The first-order valence-corrected chi connectivity index (χ1v) is 13.5. The Labute approximate surface area is 224 Å². The van der Waals surface area contributed by atoms with Gasteiger partial charge in [0.2, 0.25) is 0 Å². The Kier molecular flexibility index (Phi) is 5.93. The summed E-state index contributed by atoms with van der Waals surface area (Å²) in [6.45, 7) is 8.17. The molecule has 0 bridgehead atoms. The van der Waals surface area contributed by atoms with Crippen LogP contribution in [0, 0.1) is 6.92 Å². The van der Waals surface area contributed by atoms with Gasteiger partial charge in [0.25, 0.3) is 0 Å². The van der Waals surface area contributed by atoms with Crippen molar-refractivity contribution in [2.75, 3.05) is 6.61 Å². The summed E-state index contributed by atoms with van der Waals surface area (Å²) in [5.74, 6) is -0.235. The quantitative estimate of drug-likeness (QED) is 0.259. The molecule has 0 saturated carbocycles. The molecule has 6 rings (SSSR count). The van der Waals surface area contributed by atoms with E-state index in [1.54, 1.807) is 11.3 Å². The lowest BCUT2D eigenvalue weighted by molar-refractivity contribution is -0.160. The number of rotatable bonds is 5. The second-order valence-electron chi connectivity index (χ2n) is 10.6. The summed E-state index contributed by atoms with van der Waals surface area (Å²) in [6, 6.07) is 16.1. The van der Waals surface area contributed by atoms with Crippen LogP contribution in [0.2, 0.25) is 0 Å². The standard InChI is InChI=1S/C31H28N2O4S/c1-17-16-22-19(7-9-21(33-22)24-6-5-15-38-24)27(25(17)29(30(34)35)37-31(2,3)4)20-8-10-23-26-18(12-14-36-23)11-13-32-28(20)26/h5-11,13,15-16,29H,12,14H2,1-4H3,(H,34,35)/t29-/m0/s1. The van der Waals surface area contributed by atoms with Gasteiger partial charge in [-0.05, 0) is 92.2 Å². The van der Waals surface area contributed by atoms with Crippen LogP contribution in [0.15, 0.2) is 60.1 Å². The molecule has 2 aromatic carbocycles. The summed E-state index contributed by atoms with van der Waals surface area (Å²) in [6.07, 6.45) is 1.45. The molecule has 5 aromatic rings. The molecule has 0 saturated heterocycles. The number of fused-ring (bicyclic) bond motifs is 1. The maximum Gasteiger partial charge on any atom is 0.337 e. The molecule has 0 aliphatic carbocycles. The minimum atomic E-state index is -1.17. The number of benzene rings is 2. The Morgan fingerprint density at radius 1 is 1.16 bits per heavy atom. The number of ether oxygens (including phenoxy) is 2. The number of aliphatic carboxylic acids is 1. The van der Waals surface area contributed by atoms with Crippen LogP contribution >= 0.6 is 11.3 Å². The van der Waals surface area contributed by atoms with E-state index in [1.165, 1.54) is 5.56 Å². The van der Waals surface area contributed by atoms with E-state index in [0.717, 1.165) is 61.2 Å². The zero-order chi connectivity index (χ0) is 26.6. The summed E-state index contributed by atoms with van der Waals surface area (Å²) in [5, 5.41) is 14.3. The lowest BCUT2D eigenvalue weighted by Crippen LogP contribution is -2.28. The van der Waals surface area contributed by atoms with Crippen LogP contribution in [0.3, 0.4) is 0 Å². The van der Waals surface area contributed by atoms with E-state index in [2.05, 4.69) is 6.07 Å². The second-order valence-corrected chi connectivity index (χ2v) is 11.5. The van der Waals surface area contributed by atoms with Crippen LogP contribution in [0.1, 0.15) is 43.6 Å². The molecule has 0 unspecified atom stereocenters. The van der Waals surface area contributed by atoms with Crippen LogP contribution in [-0.2, 0) is 16.0 Å². The van der Waals surface area contributed by atoms with Gasteiger partial charge in [0, 0.05) is 34.5 Å². The maximum absolute atomic E-state index is 12.7. The van der Waals surface area contributed by atoms with Crippen molar-refractivity contribution >= 4 is 39.1 Å². The summed E-state index contributed by atoms with van der Waals surface area (Å²) >= 11 is 1.64. The molecule has 4 heterocycles. The van der Waals surface area contributed by atoms with Crippen molar-refractivity contribution in [2.45, 2.75) is 45.8 Å². The Morgan fingerprint density at radius 3 is 2.74 bits per heavy atom. The Bertz CT molecular complexity index is 1690. The zero-order valence-corrected chi connectivity index (χ0v) is 22.6. The van der Waals surface area contributed by atoms with Crippen LogP contribution in [-0.4, -0.2) is 33.3 Å². The molecule has 1 aliphatic heterocycles. The number of aryl methyl sites for hydroxylation is 1. The van der Waals surface area contributed by atoms with E-state index >= 15 is 0 Å². The van der Waals surface area contributed by atoms with Crippen molar-refractivity contribution < 1.29 is 19.4 Å². The molecule has 192 valence electrons.